The van der Waals surface area contributed by atoms with Crippen LogP contribution in [0.4, 0.5) is 4.39 Å². The maximum Gasteiger partial charge on any atom is 0.130 e. The highest BCUT2D eigenvalue weighted by Crippen LogP contribution is 2.29. The molecule has 0 aliphatic carbocycles. The van der Waals surface area contributed by atoms with E-state index < -0.39 is 6.10 Å². The Hall–Kier alpha value is -0.450. The van der Waals surface area contributed by atoms with Crippen LogP contribution < -0.4 is 5.73 Å². The van der Waals surface area contributed by atoms with Crippen molar-refractivity contribution >= 4 is 15.9 Å². The van der Waals surface area contributed by atoms with Crippen LogP contribution >= 0.6 is 15.9 Å². The number of rotatable bonds is 3. The summed E-state index contributed by atoms with van der Waals surface area (Å²) in [5.41, 5.74) is 7.03. The zero-order valence-corrected chi connectivity index (χ0v) is 10.4. The first kappa shape index (κ1) is 12.6. The molecule has 2 nitrogen and oxygen atoms in total. The Kier molecular flexibility index (Phi) is 4.25. The molecule has 0 amide bonds. The topological polar surface area (TPSA) is 46.2 Å². The molecule has 0 spiro atoms. The quantitative estimate of drug-likeness (QED) is 0.891. The van der Waals surface area contributed by atoms with Gasteiger partial charge in [0, 0.05) is 4.47 Å². The van der Waals surface area contributed by atoms with Gasteiger partial charge in [-0.15, -0.1) is 0 Å². The number of aliphatic hydroxyl groups excluding tert-OH is 1. The third-order valence-electron chi connectivity index (χ3n) is 2.53. The molecule has 0 radical (unpaired) electrons. The number of hydrogen-bond donors (Lipinski definition) is 2. The van der Waals surface area contributed by atoms with Crippen LogP contribution in [0.1, 0.15) is 29.2 Å². The summed E-state index contributed by atoms with van der Waals surface area (Å²) in [7, 11) is 0. The third kappa shape index (κ3) is 2.56. The number of nitrogens with two attached hydrogens (primary N) is 1. The lowest BCUT2D eigenvalue weighted by Crippen LogP contribution is -2.09. The molecule has 3 N–H and O–H groups in total. The van der Waals surface area contributed by atoms with Crippen molar-refractivity contribution in [2.24, 2.45) is 5.73 Å². The molecular weight excluding hydrogens is 261 g/mol. The molecule has 1 aromatic carbocycles. The lowest BCUT2D eigenvalue weighted by molar-refractivity contribution is 0.169. The Morgan fingerprint density at radius 2 is 2.07 bits per heavy atom. The molecule has 1 rings (SSSR count). The Bertz CT molecular complexity index is 368. The van der Waals surface area contributed by atoms with E-state index in [4.69, 9.17) is 5.73 Å². The van der Waals surface area contributed by atoms with Crippen molar-refractivity contribution < 1.29 is 9.50 Å². The van der Waals surface area contributed by atoms with Crippen LogP contribution in [-0.2, 0) is 0 Å². The Labute approximate surface area is 97.4 Å². The molecule has 15 heavy (non-hydrogen) atoms. The van der Waals surface area contributed by atoms with Gasteiger partial charge in [-0.1, -0.05) is 15.9 Å². The smallest absolute Gasteiger partial charge is 0.130 e. The van der Waals surface area contributed by atoms with Gasteiger partial charge in [0.1, 0.15) is 5.82 Å². The van der Waals surface area contributed by atoms with Crippen LogP contribution in [0.25, 0.3) is 0 Å². The highest BCUT2D eigenvalue weighted by atomic mass is 79.9. The van der Waals surface area contributed by atoms with E-state index >= 15 is 0 Å². The molecule has 1 aromatic rings. The van der Waals surface area contributed by atoms with Crippen molar-refractivity contribution in [2.45, 2.75) is 26.4 Å². The zero-order chi connectivity index (χ0) is 11.6. The summed E-state index contributed by atoms with van der Waals surface area (Å²) in [6, 6.07) is 1.76. The van der Waals surface area contributed by atoms with Crippen molar-refractivity contribution in [2.75, 3.05) is 6.54 Å². The average molecular weight is 276 g/mol. The fourth-order valence-electron chi connectivity index (χ4n) is 1.53. The van der Waals surface area contributed by atoms with Gasteiger partial charge in [-0.05, 0) is 49.6 Å². The van der Waals surface area contributed by atoms with Gasteiger partial charge in [0.25, 0.3) is 0 Å². The molecule has 1 atom stereocenters. The summed E-state index contributed by atoms with van der Waals surface area (Å²) in [6.07, 6.45) is -0.253. The lowest BCUT2D eigenvalue weighted by atomic mass is 9.98. The Balaban J connectivity index is 3.19. The molecular formula is C11H15BrFNO. The minimum atomic E-state index is -0.693. The largest absolute Gasteiger partial charge is 0.388 e. The molecule has 0 heterocycles. The molecule has 0 aliphatic rings. The van der Waals surface area contributed by atoms with Crippen LogP contribution in [0.2, 0.25) is 0 Å². The van der Waals surface area contributed by atoms with Crippen LogP contribution in [0.3, 0.4) is 0 Å². The summed E-state index contributed by atoms with van der Waals surface area (Å²) >= 11 is 3.27. The molecule has 0 aliphatic heterocycles. The van der Waals surface area contributed by atoms with E-state index in [1.54, 1.807) is 19.9 Å². The fraction of sp³-hybridized carbons (Fsp3) is 0.455. The predicted molar refractivity (Wildman–Crippen MR) is 62.2 cm³/mol. The van der Waals surface area contributed by atoms with Gasteiger partial charge < -0.3 is 10.8 Å². The average Bonchev–Trinajstić information content (AvgIpc) is 2.20. The summed E-state index contributed by atoms with van der Waals surface area (Å²) in [5, 5.41) is 9.77. The van der Waals surface area contributed by atoms with Gasteiger partial charge in [-0.3, -0.25) is 0 Å². The number of halogens is 2. The van der Waals surface area contributed by atoms with E-state index in [1.165, 1.54) is 0 Å². The SMILES string of the molecule is Cc1c(Br)cc(C(O)CCN)c(C)c1F. The predicted octanol–water partition coefficient (Wildman–Crippen LogP) is 2.59. The van der Waals surface area contributed by atoms with Crippen molar-refractivity contribution in [3.8, 4) is 0 Å². The first-order valence-corrected chi connectivity index (χ1v) is 5.61. The van der Waals surface area contributed by atoms with Crippen molar-refractivity contribution in [1.82, 2.24) is 0 Å². The minimum Gasteiger partial charge on any atom is -0.388 e. The Morgan fingerprint density at radius 3 is 2.60 bits per heavy atom. The molecule has 1 unspecified atom stereocenters. The number of aliphatic hydroxyl groups is 1. The summed E-state index contributed by atoms with van der Waals surface area (Å²) < 4.78 is 14.4. The Morgan fingerprint density at radius 1 is 1.47 bits per heavy atom. The fourth-order valence-corrected chi connectivity index (χ4v) is 1.95. The lowest BCUT2D eigenvalue weighted by Gasteiger charge is -2.15. The van der Waals surface area contributed by atoms with E-state index in [-0.39, 0.29) is 5.82 Å². The molecule has 0 saturated heterocycles. The van der Waals surface area contributed by atoms with Crippen LogP contribution in [0, 0.1) is 19.7 Å². The number of hydrogen-bond acceptors (Lipinski definition) is 2. The second-order valence-corrected chi connectivity index (χ2v) is 4.46. The first-order valence-electron chi connectivity index (χ1n) is 4.82. The highest BCUT2D eigenvalue weighted by molar-refractivity contribution is 9.10. The van der Waals surface area contributed by atoms with Gasteiger partial charge in [0.05, 0.1) is 6.10 Å². The first-order chi connectivity index (χ1) is 6.99. The van der Waals surface area contributed by atoms with Crippen LogP contribution in [-0.4, -0.2) is 11.7 Å². The highest BCUT2D eigenvalue weighted by Gasteiger charge is 2.16. The zero-order valence-electron chi connectivity index (χ0n) is 8.85. The van der Waals surface area contributed by atoms with Crippen LogP contribution in [0.5, 0.6) is 0 Å². The molecule has 0 aromatic heterocycles. The standard InChI is InChI=1S/C11H15BrFNO/c1-6-8(10(15)3-4-14)5-9(12)7(2)11(6)13/h5,10,15H,3-4,14H2,1-2H3. The summed E-state index contributed by atoms with van der Waals surface area (Å²) in [6.45, 7) is 3.75. The second kappa shape index (κ2) is 5.05. The van der Waals surface area contributed by atoms with Crippen LogP contribution in [0.15, 0.2) is 10.5 Å². The molecule has 4 heteroatoms. The van der Waals surface area contributed by atoms with E-state index in [2.05, 4.69) is 15.9 Å². The maximum absolute atomic E-state index is 13.7. The second-order valence-electron chi connectivity index (χ2n) is 3.60. The molecule has 84 valence electrons. The summed E-state index contributed by atoms with van der Waals surface area (Å²) in [4.78, 5) is 0. The van der Waals surface area contributed by atoms with Crippen molar-refractivity contribution in [3.63, 3.8) is 0 Å². The van der Waals surface area contributed by atoms with Gasteiger partial charge >= 0.3 is 0 Å². The van der Waals surface area contributed by atoms with E-state index in [0.29, 0.717) is 34.1 Å². The van der Waals surface area contributed by atoms with E-state index in [0.717, 1.165) is 0 Å². The molecule has 0 bridgehead atoms. The maximum atomic E-state index is 13.7. The normalized spacial score (nSPS) is 12.9. The van der Waals surface area contributed by atoms with Gasteiger partial charge in [-0.25, -0.2) is 4.39 Å². The van der Waals surface area contributed by atoms with Gasteiger partial charge in [-0.2, -0.15) is 0 Å². The van der Waals surface area contributed by atoms with Gasteiger partial charge in [0.2, 0.25) is 0 Å². The van der Waals surface area contributed by atoms with Crippen molar-refractivity contribution in [1.29, 1.82) is 0 Å². The molecule has 0 fully saturated rings. The van der Waals surface area contributed by atoms with Gasteiger partial charge in [0.15, 0.2) is 0 Å². The number of benzene rings is 1. The van der Waals surface area contributed by atoms with E-state index in [1.807, 2.05) is 0 Å². The van der Waals surface area contributed by atoms with Crippen molar-refractivity contribution in [3.05, 3.63) is 33.0 Å². The minimum absolute atomic E-state index is 0.268. The third-order valence-corrected chi connectivity index (χ3v) is 3.35. The van der Waals surface area contributed by atoms with E-state index in [9.17, 15) is 9.50 Å². The monoisotopic (exact) mass is 275 g/mol. The molecule has 0 saturated carbocycles. The summed E-state index contributed by atoms with van der Waals surface area (Å²) in [5.74, 6) is -0.268.